The Morgan fingerprint density at radius 2 is 1.76 bits per heavy atom. The van der Waals surface area contributed by atoms with E-state index in [1.807, 2.05) is 0 Å². The molecule has 0 radical (unpaired) electrons. The average Bonchev–Trinajstić information content (AvgIpc) is 2.29. The van der Waals surface area contributed by atoms with Gasteiger partial charge in [-0.1, -0.05) is 32.0 Å². The van der Waals surface area contributed by atoms with Crippen LogP contribution in [0.4, 0.5) is 0 Å². The van der Waals surface area contributed by atoms with Crippen LogP contribution in [0, 0.1) is 0 Å². The molecule has 0 bridgehead atoms. The summed E-state index contributed by atoms with van der Waals surface area (Å²) in [6, 6.07) is 8.85. The molecule has 0 unspecified atom stereocenters. The van der Waals surface area contributed by atoms with Crippen molar-refractivity contribution in [3.8, 4) is 0 Å². The Kier molecular flexibility index (Phi) is 5.61. The van der Waals surface area contributed by atoms with Crippen molar-refractivity contribution in [2.45, 2.75) is 31.2 Å². The topological polar surface area (TPSA) is 58.2 Å². The maximum absolute atomic E-state index is 11.8. The van der Waals surface area contributed by atoms with Crippen molar-refractivity contribution in [2.24, 2.45) is 0 Å². The molecule has 0 aromatic heterocycles. The Labute approximate surface area is 103 Å². The summed E-state index contributed by atoms with van der Waals surface area (Å²) < 4.78 is 26.2. The van der Waals surface area contributed by atoms with Crippen LogP contribution in [-0.2, 0) is 10.0 Å². The predicted molar refractivity (Wildman–Crippen MR) is 69.4 cm³/mol. The molecule has 0 aliphatic carbocycles. The quantitative estimate of drug-likeness (QED) is 0.724. The third kappa shape index (κ3) is 5.30. The van der Waals surface area contributed by atoms with Gasteiger partial charge >= 0.3 is 0 Å². The number of nitrogens with one attached hydrogen (secondary N) is 2. The van der Waals surface area contributed by atoms with Crippen molar-refractivity contribution in [3.63, 3.8) is 0 Å². The summed E-state index contributed by atoms with van der Waals surface area (Å²) in [7, 11) is -3.34. The minimum absolute atomic E-state index is 0.316. The van der Waals surface area contributed by atoms with Crippen LogP contribution in [0.2, 0.25) is 0 Å². The highest BCUT2D eigenvalue weighted by molar-refractivity contribution is 7.89. The Bertz CT molecular complexity index is 415. The lowest BCUT2D eigenvalue weighted by Gasteiger charge is -2.09. The molecule has 2 N–H and O–H groups in total. The fourth-order valence-corrected chi connectivity index (χ4v) is 2.46. The zero-order valence-corrected chi connectivity index (χ0v) is 11.1. The van der Waals surface area contributed by atoms with E-state index in [1.54, 1.807) is 30.3 Å². The summed E-state index contributed by atoms with van der Waals surface area (Å²) >= 11 is 0. The lowest BCUT2D eigenvalue weighted by Crippen LogP contribution is -2.29. The molecule has 5 heteroatoms. The summed E-state index contributed by atoms with van der Waals surface area (Å²) in [6.45, 7) is 5.40. The number of rotatable bonds is 7. The van der Waals surface area contributed by atoms with E-state index in [9.17, 15) is 8.42 Å². The zero-order valence-electron chi connectivity index (χ0n) is 10.3. The Morgan fingerprint density at radius 1 is 1.12 bits per heavy atom. The van der Waals surface area contributed by atoms with Crippen molar-refractivity contribution < 1.29 is 8.42 Å². The molecule has 1 aromatic rings. The highest BCUT2D eigenvalue weighted by atomic mass is 32.2. The second-order valence-corrected chi connectivity index (χ2v) is 5.94. The first-order valence-corrected chi connectivity index (χ1v) is 7.29. The molecule has 0 amide bonds. The molecule has 17 heavy (non-hydrogen) atoms. The van der Waals surface area contributed by atoms with Crippen LogP contribution in [0.1, 0.15) is 20.3 Å². The first kappa shape index (κ1) is 14.2. The molecule has 0 aliphatic heterocycles. The number of hydrogen-bond donors (Lipinski definition) is 2. The maximum atomic E-state index is 11.8. The molecule has 4 nitrogen and oxygen atoms in total. The fourth-order valence-electron chi connectivity index (χ4n) is 1.37. The second-order valence-electron chi connectivity index (χ2n) is 4.17. The van der Waals surface area contributed by atoms with Crippen LogP contribution in [0.5, 0.6) is 0 Å². The standard InChI is InChI=1S/C12H20N2O2S/c1-11(2)13-9-6-10-14-17(15,16)12-7-4-3-5-8-12/h3-5,7-8,11,13-14H,6,9-10H2,1-2H3. The zero-order chi connectivity index (χ0) is 12.7. The number of benzene rings is 1. The molecule has 96 valence electrons. The van der Waals surface area contributed by atoms with Gasteiger partial charge in [0.1, 0.15) is 0 Å². The third-order valence-corrected chi connectivity index (χ3v) is 3.73. The number of sulfonamides is 1. The van der Waals surface area contributed by atoms with E-state index in [0.717, 1.165) is 13.0 Å². The highest BCUT2D eigenvalue weighted by Crippen LogP contribution is 2.06. The van der Waals surface area contributed by atoms with Crippen molar-refractivity contribution in [2.75, 3.05) is 13.1 Å². The molecule has 1 rings (SSSR count). The van der Waals surface area contributed by atoms with Crippen molar-refractivity contribution in [1.82, 2.24) is 10.0 Å². The van der Waals surface area contributed by atoms with Gasteiger partial charge in [-0.15, -0.1) is 0 Å². The van der Waals surface area contributed by atoms with Gasteiger partial charge < -0.3 is 5.32 Å². The lowest BCUT2D eigenvalue weighted by molar-refractivity contribution is 0.554. The normalized spacial score (nSPS) is 11.9. The molecule has 0 saturated heterocycles. The van der Waals surface area contributed by atoms with E-state index < -0.39 is 10.0 Å². The van der Waals surface area contributed by atoms with Crippen LogP contribution in [0.3, 0.4) is 0 Å². The molecule has 0 saturated carbocycles. The van der Waals surface area contributed by atoms with Gasteiger partial charge in [-0.25, -0.2) is 13.1 Å². The van der Waals surface area contributed by atoms with Gasteiger partial charge in [0.15, 0.2) is 0 Å². The van der Waals surface area contributed by atoms with Gasteiger partial charge in [0.05, 0.1) is 4.90 Å². The van der Waals surface area contributed by atoms with E-state index in [0.29, 0.717) is 17.5 Å². The fraction of sp³-hybridized carbons (Fsp3) is 0.500. The molecular formula is C12H20N2O2S. The average molecular weight is 256 g/mol. The first-order chi connectivity index (χ1) is 8.02. The van der Waals surface area contributed by atoms with Crippen LogP contribution >= 0.6 is 0 Å². The van der Waals surface area contributed by atoms with E-state index >= 15 is 0 Å². The Balaban J connectivity index is 2.36. The van der Waals surface area contributed by atoms with E-state index in [-0.39, 0.29) is 0 Å². The lowest BCUT2D eigenvalue weighted by atomic mass is 10.3. The summed E-state index contributed by atoms with van der Waals surface area (Å²) in [5, 5.41) is 3.24. The summed E-state index contributed by atoms with van der Waals surface area (Å²) in [5.74, 6) is 0. The van der Waals surface area contributed by atoms with Gasteiger partial charge in [-0.3, -0.25) is 0 Å². The van der Waals surface area contributed by atoms with Gasteiger partial charge in [0, 0.05) is 12.6 Å². The summed E-state index contributed by atoms with van der Waals surface area (Å²) in [6.07, 6.45) is 0.782. The molecular weight excluding hydrogens is 236 g/mol. The van der Waals surface area contributed by atoms with E-state index in [4.69, 9.17) is 0 Å². The van der Waals surface area contributed by atoms with Gasteiger partial charge in [0.2, 0.25) is 10.0 Å². The van der Waals surface area contributed by atoms with E-state index in [1.165, 1.54) is 0 Å². The SMILES string of the molecule is CC(C)NCCCNS(=O)(=O)c1ccccc1. The minimum atomic E-state index is -3.34. The summed E-state index contributed by atoms with van der Waals surface area (Å²) in [5.41, 5.74) is 0. The van der Waals surface area contributed by atoms with Crippen LogP contribution in [0.25, 0.3) is 0 Å². The summed E-state index contributed by atoms with van der Waals surface area (Å²) in [4.78, 5) is 0.316. The molecule has 0 aliphatic rings. The van der Waals surface area contributed by atoms with Gasteiger partial charge in [-0.2, -0.15) is 0 Å². The van der Waals surface area contributed by atoms with Gasteiger partial charge in [0.25, 0.3) is 0 Å². The minimum Gasteiger partial charge on any atom is -0.314 e. The Hall–Kier alpha value is -0.910. The van der Waals surface area contributed by atoms with Crippen LogP contribution in [0.15, 0.2) is 35.2 Å². The van der Waals surface area contributed by atoms with Crippen molar-refractivity contribution >= 4 is 10.0 Å². The van der Waals surface area contributed by atoms with Crippen molar-refractivity contribution in [1.29, 1.82) is 0 Å². The first-order valence-electron chi connectivity index (χ1n) is 5.80. The maximum Gasteiger partial charge on any atom is 0.240 e. The van der Waals surface area contributed by atoms with Crippen LogP contribution < -0.4 is 10.0 Å². The largest absolute Gasteiger partial charge is 0.314 e. The van der Waals surface area contributed by atoms with Gasteiger partial charge in [-0.05, 0) is 25.1 Å². The van der Waals surface area contributed by atoms with E-state index in [2.05, 4.69) is 23.9 Å². The molecule has 0 spiro atoms. The smallest absolute Gasteiger partial charge is 0.240 e. The monoisotopic (exact) mass is 256 g/mol. The predicted octanol–water partition coefficient (Wildman–Crippen LogP) is 1.35. The molecule has 1 aromatic carbocycles. The molecule has 0 atom stereocenters. The highest BCUT2D eigenvalue weighted by Gasteiger charge is 2.11. The second kappa shape index (κ2) is 6.74. The van der Waals surface area contributed by atoms with Crippen LogP contribution in [-0.4, -0.2) is 27.5 Å². The number of hydrogen-bond acceptors (Lipinski definition) is 3. The molecule has 0 fully saturated rings. The van der Waals surface area contributed by atoms with Crippen molar-refractivity contribution in [3.05, 3.63) is 30.3 Å². The third-order valence-electron chi connectivity index (χ3n) is 2.25. The Morgan fingerprint density at radius 3 is 2.35 bits per heavy atom. The molecule has 0 heterocycles.